The van der Waals surface area contributed by atoms with Gasteiger partial charge in [0.25, 0.3) is 5.91 Å². The van der Waals surface area contributed by atoms with Gasteiger partial charge in [0, 0.05) is 19.2 Å². The predicted octanol–water partition coefficient (Wildman–Crippen LogP) is 1.47. The van der Waals surface area contributed by atoms with Crippen molar-refractivity contribution in [2.45, 2.75) is 20.8 Å². The number of nitrogens with zero attached hydrogens (tertiary/aromatic N) is 2. The second kappa shape index (κ2) is 4.07. The van der Waals surface area contributed by atoms with E-state index in [0.29, 0.717) is 18.8 Å². The van der Waals surface area contributed by atoms with Gasteiger partial charge in [-0.15, -0.1) is 0 Å². The number of aryl methyl sites for hydroxylation is 1. The summed E-state index contributed by atoms with van der Waals surface area (Å²) < 4.78 is 4.87. The zero-order valence-electron chi connectivity index (χ0n) is 8.20. The van der Waals surface area contributed by atoms with Crippen LogP contribution in [0.2, 0.25) is 0 Å². The molecule has 0 radical (unpaired) electrons. The van der Waals surface area contributed by atoms with Gasteiger partial charge in [-0.05, 0) is 20.8 Å². The Morgan fingerprint density at radius 3 is 2.54 bits per heavy atom. The van der Waals surface area contributed by atoms with Crippen LogP contribution in [0.3, 0.4) is 0 Å². The Labute approximate surface area is 77.5 Å². The summed E-state index contributed by atoms with van der Waals surface area (Å²) in [5, 5.41) is 3.67. The van der Waals surface area contributed by atoms with E-state index in [9.17, 15) is 4.79 Å². The SMILES string of the molecule is CCN(CC)C(=O)c1cc(C)no1. The third-order valence-corrected chi connectivity index (χ3v) is 1.89. The molecule has 0 aliphatic heterocycles. The second-order valence-corrected chi connectivity index (χ2v) is 2.81. The van der Waals surface area contributed by atoms with E-state index in [4.69, 9.17) is 4.52 Å². The molecule has 0 aromatic carbocycles. The monoisotopic (exact) mass is 182 g/mol. The van der Waals surface area contributed by atoms with Crippen LogP contribution in [0.4, 0.5) is 0 Å². The molecule has 1 aromatic heterocycles. The Balaban J connectivity index is 2.78. The third kappa shape index (κ3) is 2.08. The van der Waals surface area contributed by atoms with E-state index in [0.717, 1.165) is 5.69 Å². The second-order valence-electron chi connectivity index (χ2n) is 2.81. The molecule has 0 atom stereocenters. The van der Waals surface area contributed by atoms with Crippen molar-refractivity contribution in [2.24, 2.45) is 0 Å². The van der Waals surface area contributed by atoms with Crippen molar-refractivity contribution in [1.29, 1.82) is 0 Å². The fraction of sp³-hybridized carbons (Fsp3) is 0.556. The molecule has 72 valence electrons. The molecular formula is C9H14N2O2. The maximum atomic E-state index is 11.6. The largest absolute Gasteiger partial charge is 0.351 e. The molecule has 13 heavy (non-hydrogen) atoms. The molecule has 4 nitrogen and oxygen atoms in total. The van der Waals surface area contributed by atoms with Crippen LogP contribution in [0, 0.1) is 6.92 Å². The van der Waals surface area contributed by atoms with Crippen LogP contribution in [0.25, 0.3) is 0 Å². The summed E-state index contributed by atoms with van der Waals surface area (Å²) in [5.74, 6) is 0.229. The first-order valence-corrected chi connectivity index (χ1v) is 4.41. The van der Waals surface area contributed by atoms with Gasteiger partial charge < -0.3 is 9.42 Å². The Kier molecular flexibility index (Phi) is 3.06. The average molecular weight is 182 g/mol. The van der Waals surface area contributed by atoms with Crippen LogP contribution in [-0.4, -0.2) is 29.1 Å². The van der Waals surface area contributed by atoms with Crippen LogP contribution >= 0.6 is 0 Å². The number of hydrogen-bond donors (Lipinski definition) is 0. The molecule has 0 bridgehead atoms. The van der Waals surface area contributed by atoms with Gasteiger partial charge in [-0.3, -0.25) is 4.79 Å². The Bertz CT molecular complexity index is 290. The topological polar surface area (TPSA) is 46.3 Å². The molecule has 0 saturated heterocycles. The molecule has 4 heteroatoms. The lowest BCUT2D eigenvalue weighted by Crippen LogP contribution is -2.30. The number of hydrogen-bond acceptors (Lipinski definition) is 3. The molecule has 1 aromatic rings. The van der Waals surface area contributed by atoms with Crippen LogP contribution in [0.1, 0.15) is 30.1 Å². The van der Waals surface area contributed by atoms with Gasteiger partial charge in [0.05, 0.1) is 5.69 Å². The molecule has 0 aliphatic carbocycles. The molecule has 0 aliphatic rings. The minimum atomic E-state index is -0.0920. The Morgan fingerprint density at radius 1 is 1.54 bits per heavy atom. The maximum absolute atomic E-state index is 11.6. The number of aromatic nitrogens is 1. The van der Waals surface area contributed by atoms with Gasteiger partial charge in [-0.25, -0.2) is 0 Å². The van der Waals surface area contributed by atoms with Gasteiger partial charge in [-0.2, -0.15) is 0 Å². The van der Waals surface area contributed by atoms with E-state index in [-0.39, 0.29) is 5.91 Å². The quantitative estimate of drug-likeness (QED) is 0.711. The van der Waals surface area contributed by atoms with Gasteiger partial charge in [0.15, 0.2) is 0 Å². The van der Waals surface area contributed by atoms with Gasteiger partial charge in [-0.1, -0.05) is 5.16 Å². The highest BCUT2D eigenvalue weighted by atomic mass is 16.5. The molecule has 0 saturated carbocycles. The molecule has 1 amide bonds. The van der Waals surface area contributed by atoms with Crippen LogP contribution < -0.4 is 0 Å². The van der Waals surface area contributed by atoms with Gasteiger partial charge in [0.2, 0.25) is 5.76 Å². The maximum Gasteiger partial charge on any atom is 0.292 e. The lowest BCUT2D eigenvalue weighted by atomic mass is 10.3. The van der Waals surface area contributed by atoms with Crippen molar-refractivity contribution in [1.82, 2.24) is 10.1 Å². The third-order valence-electron chi connectivity index (χ3n) is 1.89. The summed E-state index contributed by atoms with van der Waals surface area (Å²) in [4.78, 5) is 13.3. The minimum Gasteiger partial charge on any atom is -0.351 e. The lowest BCUT2D eigenvalue weighted by molar-refractivity contribution is 0.0731. The number of rotatable bonds is 3. The highest BCUT2D eigenvalue weighted by Crippen LogP contribution is 2.06. The first kappa shape index (κ1) is 9.77. The fourth-order valence-corrected chi connectivity index (χ4v) is 1.13. The summed E-state index contributed by atoms with van der Waals surface area (Å²) >= 11 is 0. The van der Waals surface area contributed by atoms with E-state index in [1.54, 1.807) is 17.9 Å². The van der Waals surface area contributed by atoms with Crippen molar-refractivity contribution in [3.63, 3.8) is 0 Å². The van der Waals surface area contributed by atoms with Crippen LogP contribution in [-0.2, 0) is 0 Å². The Morgan fingerprint density at radius 2 is 2.15 bits per heavy atom. The lowest BCUT2D eigenvalue weighted by Gasteiger charge is -2.15. The summed E-state index contributed by atoms with van der Waals surface area (Å²) in [6.07, 6.45) is 0. The molecule has 0 unspecified atom stereocenters. The van der Waals surface area contributed by atoms with E-state index < -0.39 is 0 Å². The Hall–Kier alpha value is -1.32. The number of amides is 1. The van der Waals surface area contributed by atoms with E-state index in [2.05, 4.69) is 5.16 Å². The molecule has 0 spiro atoms. The highest BCUT2D eigenvalue weighted by Gasteiger charge is 2.16. The zero-order chi connectivity index (χ0) is 9.84. The normalized spacial score (nSPS) is 10.1. The number of carbonyl (C=O) groups excluding carboxylic acids is 1. The van der Waals surface area contributed by atoms with Crippen molar-refractivity contribution >= 4 is 5.91 Å². The van der Waals surface area contributed by atoms with Crippen LogP contribution in [0.5, 0.6) is 0 Å². The van der Waals surface area contributed by atoms with Crippen LogP contribution in [0.15, 0.2) is 10.6 Å². The summed E-state index contributed by atoms with van der Waals surface area (Å²) in [6.45, 7) is 7.04. The zero-order valence-corrected chi connectivity index (χ0v) is 8.20. The first-order chi connectivity index (χ1) is 6.19. The average Bonchev–Trinajstić information content (AvgIpc) is 2.54. The fourth-order valence-electron chi connectivity index (χ4n) is 1.13. The van der Waals surface area contributed by atoms with Crippen molar-refractivity contribution in [3.05, 3.63) is 17.5 Å². The smallest absolute Gasteiger partial charge is 0.292 e. The molecule has 0 fully saturated rings. The highest BCUT2D eigenvalue weighted by molar-refractivity contribution is 5.91. The van der Waals surface area contributed by atoms with Crippen molar-refractivity contribution in [2.75, 3.05) is 13.1 Å². The van der Waals surface area contributed by atoms with Gasteiger partial charge in [0.1, 0.15) is 0 Å². The molecule has 0 N–H and O–H groups in total. The molecule has 1 rings (SSSR count). The number of carbonyl (C=O) groups is 1. The summed E-state index contributed by atoms with van der Waals surface area (Å²) in [6, 6.07) is 1.65. The predicted molar refractivity (Wildman–Crippen MR) is 48.5 cm³/mol. The van der Waals surface area contributed by atoms with E-state index >= 15 is 0 Å². The van der Waals surface area contributed by atoms with E-state index in [1.165, 1.54) is 0 Å². The minimum absolute atomic E-state index is 0.0920. The first-order valence-electron chi connectivity index (χ1n) is 4.41. The van der Waals surface area contributed by atoms with Crippen molar-refractivity contribution < 1.29 is 9.32 Å². The summed E-state index contributed by atoms with van der Waals surface area (Å²) in [5.41, 5.74) is 0.732. The summed E-state index contributed by atoms with van der Waals surface area (Å²) in [7, 11) is 0. The standard InChI is InChI=1S/C9H14N2O2/c1-4-11(5-2)9(12)8-6-7(3)10-13-8/h6H,4-5H2,1-3H3. The van der Waals surface area contributed by atoms with E-state index in [1.807, 2.05) is 13.8 Å². The van der Waals surface area contributed by atoms with Crippen molar-refractivity contribution in [3.8, 4) is 0 Å². The van der Waals surface area contributed by atoms with Gasteiger partial charge >= 0.3 is 0 Å². The molecule has 1 heterocycles. The molecular weight excluding hydrogens is 168 g/mol.